The van der Waals surface area contributed by atoms with Crippen molar-refractivity contribution in [1.82, 2.24) is 4.57 Å². The van der Waals surface area contributed by atoms with E-state index < -0.39 is 24.0 Å². The van der Waals surface area contributed by atoms with Gasteiger partial charge in [0.05, 0.1) is 40.9 Å². The molecule has 1 aromatic heterocycles. The van der Waals surface area contributed by atoms with Gasteiger partial charge in [0.2, 0.25) is 5.75 Å². The molecule has 0 unspecified atom stereocenters. The number of methoxy groups -OCH3 is 5. The predicted molar refractivity (Wildman–Crippen MR) is 152 cm³/mol. The van der Waals surface area contributed by atoms with Gasteiger partial charge in [0.15, 0.2) is 29.6 Å². The maximum atomic E-state index is 14.1. The van der Waals surface area contributed by atoms with E-state index in [-0.39, 0.29) is 22.6 Å². The summed E-state index contributed by atoms with van der Waals surface area (Å²) in [5.41, 5.74) is 12.0. The number of fused-ring (bicyclic) bond motifs is 1. The third-order valence-electron chi connectivity index (χ3n) is 6.32. The fourth-order valence-corrected chi connectivity index (χ4v) is 4.50. The average Bonchev–Trinajstić information content (AvgIpc) is 2.98. The molecule has 0 bridgehead atoms. The zero-order chi connectivity index (χ0) is 29.8. The van der Waals surface area contributed by atoms with Crippen molar-refractivity contribution < 1.29 is 38.0 Å². The van der Waals surface area contributed by atoms with Gasteiger partial charge in [0.1, 0.15) is 5.69 Å². The number of nitrogens with two attached hydrogens (primary N) is 2. The summed E-state index contributed by atoms with van der Waals surface area (Å²) >= 11 is 0. The summed E-state index contributed by atoms with van der Waals surface area (Å²) in [4.78, 5) is 39.1. The summed E-state index contributed by atoms with van der Waals surface area (Å²) in [6, 6.07) is 12.6. The molecule has 0 saturated heterocycles. The van der Waals surface area contributed by atoms with E-state index >= 15 is 0 Å². The Morgan fingerprint density at radius 2 is 1.37 bits per heavy atom. The number of aromatic nitrogens is 1. The fraction of sp³-hybridized carbons (Fsp3) is 0.207. The molecule has 0 aliphatic carbocycles. The van der Waals surface area contributed by atoms with Crippen molar-refractivity contribution in [3.8, 4) is 45.6 Å². The molecule has 12 nitrogen and oxygen atoms in total. The average molecular weight is 564 g/mol. The molecule has 0 fully saturated rings. The highest BCUT2D eigenvalue weighted by Gasteiger charge is 2.28. The van der Waals surface area contributed by atoms with Crippen molar-refractivity contribution >= 4 is 28.3 Å². The highest BCUT2D eigenvalue weighted by molar-refractivity contribution is 6.08. The lowest BCUT2D eigenvalue weighted by molar-refractivity contribution is -0.119. The summed E-state index contributed by atoms with van der Waals surface area (Å²) in [5, 5.41) is 0.457. The smallest absolute Gasteiger partial charge is 0.355 e. The third-order valence-corrected chi connectivity index (χ3v) is 6.32. The number of carbonyl (C=O) groups is 2. The van der Waals surface area contributed by atoms with Crippen LogP contribution in [0.15, 0.2) is 53.3 Å². The van der Waals surface area contributed by atoms with Crippen molar-refractivity contribution in [2.75, 3.05) is 47.9 Å². The first-order valence-electron chi connectivity index (χ1n) is 12.1. The number of hydrogen-bond donors (Lipinski definition) is 2. The Balaban J connectivity index is 2.26. The van der Waals surface area contributed by atoms with Gasteiger partial charge in [-0.05, 0) is 54.1 Å². The second-order valence-corrected chi connectivity index (χ2v) is 8.66. The van der Waals surface area contributed by atoms with Crippen molar-refractivity contribution in [3.05, 3.63) is 64.6 Å². The third kappa shape index (κ3) is 5.26. The molecule has 0 aliphatic heterocycles. The zero-order valence-corrected chi connectivity index (χ0v) is 23.1. The Morgan fingerprint density at radius 1 is 0.780 bits per heavy atom. The number of ether oxygens (including phenoxy) is 6. The van der Waals surface area contributed by atoms with Crippen molar-refractivity contribution in [3.63, 3.8) is 0 Å². The molecule has 4 rings (SSSR count). The minimum atomic E-state index is -0.794. The molecule has 0 atom stereocenters. The highest BCUT2D eigenvalue weighted by atomic mass is 16.5. The van der Waals surface area contributed by atoms with E-state index in [2.05, 4.69) is 0 Å². The number of pyridine rings is 1. The van der Waals surface area contributed by atoms with E-state index in [0.717, 1.165) is 0 Å². The molecule has 214 valence electrons. The Labute approximate surface area is 234 Å². The van der Waals surface area contributed by atoms with Crippen LogP contribution in [0.25, 0.3) is 27.6 Å². The Kier molecular flexibility index (Phi) is 8.22. The number of amides is 1. The van der Waals surface area contributed by atoms with Crippen LogP contribution in [0, 0.1) is 0 Å². The van der Waals surface area contributed by atoms with Crippen LogP contribution in [0.4, 0.5) is 5.69 Å². The van der Waals surface area contributed by atoms with E-state index in [0.29, 0.717) is 45.1 Å². The van der Waals surface area contributed by atoms with Crippen LogP contribution in [-0.2, 0) is 9.53 Å². The van der Waals surface area contributed by atoms with E-state index in [1.165, 1.54) is 52.2 Å². The summed E-state index contributed by atoms with van der Waals surface area (Å²) in [5.74, 6) is -0.277. The molecule has 0 saturated carbocycles. The van der Waals surface area contributed by atoms with Gasteiger partial charge < -0.3 is 39.9 Å². The first-order chi connectivity index (χ1) is 19.7. The van der Waals surface area contributed by atoms with Gasteiger partial charge in [-0.3, -0.25) is 14.2 Å². The van der Waals surface area contributed by atoms with Gasteiger partial charge in [-0.15, -0.1) is 0 Å². The lowest BCUT2D eigenvalue weighted by Gasteiger charge is -2.21. The van der Waals surface area contributed by atoms with Crippen LogP contribution in [0.3, 0.4) is 0 Å². The van der Waals surface area contributed by atoms with Crippen LogP contribution < -0.4 is 40.7 Å². The Morgan fingerprint density at radius 3 is 1.88 bits per heavy atom. The number of hydrogen-bond acceptors (Lipinski definition) is 10. The quantitative estimate of drug-likeness (QED) is 0.217. The number of nitrogens with zero attached hydrogens (tertiary/aromatic N) is 1. The number of esters is 1. The molecular formula is C29H29N3O9. The maximum Gasteiger partial charge on any atom is 0.355 e. The normalized spacial score (nSPS) is 10.7. The molecule has 12 heteroatoms. The SMILES string of the molecule is COC(=O)c1c(-c2cc(OC)c(OC)c(OC)c2)c2cc(OC)c(OCC(N)=O)cc2c(=O)n1-c1ccc(N)cc1. The first-order valence-corrected chi connectivity index (χ1v) is 12.1. The van der Waals surface area contributed by atoms with Gasteiger partial charge in [-0.1, -0.05) is 0 Å². The molecular weight excluding hydrogens is 534 g/mol. The monoisotopic (exact) mass is 563 g/mol. The molecule has 1 heterocycles. The molecule has 3 aromatic carbocycles. The van der Waals surface area contributed by atoms with E-state index in [4.69, 9.17) is 39.9 Å². The van der Waals surface area contributed by atoms with E-state index in [1.54, 1.807) is 36.4 Å². The van der Waals surface area contributed by atoms with Crippen LogP contribution in [0.5, 0.6) is 28.7 Å². The minimum absolute atomic E-state index is 0.0862. The number of primary amides is 1. The van der Waals surface area contributed by atoms with Gasteiger partial charge in [-0.2, -0.15) is 0 Å². The second-order valence-electron chi connectivity index (χ2n) is 8.66. The topological polar surface area (TPSA) is 164 Å². The van der Waals surface area contributed by atoms with Gasteiger partial charge in [0.25, 0.3) is 11.5 Å². The molecule has 0 radical (unpaired) electrons. The molecule has 4 N–H and O–H groups in total. The van der Waals surface area contributed by atoms with Gasteiger partial charge >= 0.3 is 5.97 Å². The van der Waals surface area contributed by atoms with Crippen LogP contribution in [-0.4, -0.2) is 58.6 Å². The predicted octanol–water partition coefficient (Wildman–Crippen LogP) is 2.93. The van der Waals surface area contributed by atoms with Crippen LogP contribution in [0.2, 0.25) is 0 Å². The number of anilines is 1. The van der Waals surface area contributed by atoms with Gasteiger partial charge in [0, 0.05) is 22.3 Å². The van der Waals surface area contributed by atoms with Crippen LogP contribution in [0.1, 0.15) is 10.5 Å². The largest absolute Gasteiger partial charge is 0.493 e. The lowest BCUT2D eigenvalue weighted by Crippen LogP contribution is -2.27. The summed E-state index contributed by atoms with van der Waals surface area (Å²) in [6.07, 6.45) is 0. The standard InChI is InChI=1S/C29H29N3O9/c1-36-20-12-18-19(13-21(20)41-14-24(31)33)28(34)32(17-8-6-16(30)7-9-17)26(29(35)40-5)25(18)15-10-22(37-2)27(39-4)23(11-15)38-3/h6-13H,14,30H2,1-5H3,(H2,31,33). The number of carbonyl (C=O) groups excluding carboxylic acids is 2. The van der Waals surface area contributed by atoms with Crippen molar-refractivity contribution in [1.29, 1.82) is 0 Å². The molecule has 4 aromatic rings. The van der Waals surface area contributed by atoms with Crippen molar-refractivity contribution in [2.24, 2.45) is 5.73 Å². The molecule has 1 amide bonds. The van der Waals surface area contributed by atoms with Crippen LogP contribution >= 0.6 is 0 Å². The number of benzene rings is 3. The number of nitrogen functional groups attached to an aromatic ring is 1. The minimum Gasteiger partial charge on any atom is -0.493 e. The Hall–Kier alpha value is -5.39. The van der Waals surface area contributed by atoms with Crippen molar-refractivity contribution in [2.45, 2.75) is 0 Å². The first kappa shape index (κ1) is 28.6. The maximum absolute atomic E-state index is 14.1. The zero-order valence-electron chi connectivity index (χ0n) is 23.1. The molecule has 0 aliphatic rings. The lowest BCUT2D eigenvalue weighted by atomic mass is 9.95. The highest BCUT2D eigenvalue weighted by Crippen LogP contribution is 2.45. The molecule has 0 spiro atoms. The molecule has 41 heavy (non-hydrogen) atoms. The summed E-state index contributed by atoms with van der Waals surface area (Å²) in [7, 11) is 7.00. The van der Waals surface area contributed by atoms with Gasteiger partial charge in [-0.25, -0.2) is 4.79 Å². The Bertz CT molecular complexity index is 1670. The fourth-order valence-electron chi connectivity index (χ4n) is 4.50. The summed E-state index contributed by atoms with van der Waals surface area (Å²) in [6.45, 7) is -0.450. The summed E-state index contributed by atoms with van der Waals surface area (Å²) < 4.78 is 34.0. The number of rotatable bonds is 10. The van der Waals surface area contributed by atoms with E-state index in [1.807, 2.05) is 0 Å². The van der Waals surface area contributed by atoms with E-state index in [9.17, 15) is 14.4 Å². The second kappa shape index (κ2) is 11.8.